The molecule has 20 heavy (non-hydrogen) atoms. The van der Waals surface area contributed by atoms with Gasteiger partial charge in [0, 0.05) is 23.0 Å². The van der Waals surface area contributed by atoms with Crippen molar-refractivity contribution in [2.24, 2.45) is 0 Å². The molecule has 0 saturated carbocycles. The summed E-state index contributed by atoms with van der Waals surface area (Å²) in [6, 6.07) is 16.2. The lowest BCUT2D eigenvalue weighted by Crippen LogP contribution is -1.89. The third-order valence-electron chi connectivity index (χ3n) is 3.20. The Hall–Kier alpha value is -1.87. The van der Waals surface area contributed by atoms with Gasteiger partial charge in [0.15, 0.2) is 0 Å². The number of halogens is 1. The van der Waals surface area contributed by atoms with Crippen LogP contribution in [0.15, 0.2) is 54.7 Å². The van der Waals surface area contributed by atoms with E-state index in [1.807, 2.05) is 36.4 Å². The van der Waals surface area contributed by atoms with Gasteiger partial charge in [-0.15, -0.1) is 0 Å². The smallest absolute Gasteiger partial charge is 0.130 e. The van der Waals surface area contributed by atoms with Crippen LogP contribution in [-0.4, -0.2) is 4.98 Å². The van der Waals surface area contributed by atoms with Gasteiger partial charge >= 0.3 is 0 Å². The Kier molecular flexibility index (Phi) is 3.70. The van der Waals surface area contributed by atoms with Gasteiger partial charge in [-0.2, -0.15) is 0 Å². The van der Waals surface area contributed by atoms with Crippen LogP contribution in [-0.2, 0) is 5.33 Å². The first-order valence-corrected chi connectivity index (χ1v) is 7.56. The van der Waals surface area contributed by atoms with Gasteiger partial charge in [0.1, 0.15) is 11.5 Å². The van der Waals surface area contributed by atoms with Gasteiger partial charge in [-0.3, -0.25) is 4.98 Å². The minimum absolute atomic E-state index is 0.811. The number of benzene rings is 2. The van der Waals surface area contributed by atoms with Crippen molar-refractivity contribution in [3.05, 3.63) is 65.9 Å². The largest absolute Gasteiger partial charge is 0.457 e. The molecule has 3 heteroatoms. The molecule has 0 saturated heterocycles. The molecule has 3 rings (SSSR count). The molecule has 0 aliphatic heterocycles. The van der Waals surface area contributed by atoms with E-state index < -0.39 is 0 Å². The maximum absolute atomic E-state index is 5.96. The second-order valence-corrected chi connectivity index (χ2v) is 5.25. The number of hydrogen-bond acceptors (Lipinski definition) is 2. The minimum Gasteiger partial charge on any atom is -0.457 e. The van der Waals surface area contributed by atoms with Crippen LogP contribution in [0.25, 0.3) is 10.9 Å². The summed E-state index contributed by atoms with van der Waals surface area (Å²) in [5.74, 6) is 1.69. The summed E-state index contributed by atoms with van der Waals surface area (Å²) in [4.78, 5) is 4.35. The molecule has 0 N–H and O–H groups in total. The fraction of sp³-hybridized carbons (Fsp3) is 0.118. The Morgan fingerprint density at radius 1 is 1.10 bits per heavy atom. The molecule has 0 aliphatic rings. The highest BCUT2D eigenvalue weighted by Crippen LogP contribution is 2.28. The molecule has 1 heterocycles. The highest BCUT2D eigenvalue weighted by molar-refractivity contribution is 9.08. The maximum Gasteiger partial charge on any atom is 0.130 e. The standard InChI is InChI=1S/C17H14BrNO/c1-12-9-13(11-18)4-7-17(12)20-15-6-5-14-3-2-8-19-16(14)10-15/h2-10H,11H2,1H3. The predicted molar refractivity (Wildman–Crippen MR) is 85.6 cm³/mol. The Labute approximate surface area is 126 Å². The maximum atomic E-state index is 5.96. The van der Waals surface area contributed by atoms with E-state index in [2.05, 4.69) is 40.0 Å². The summed E-state index contributed by atoms with van der Waals surface area (Å²) in [5.41, 5.74) is 3.32. The molecule has 0 fully saturated rings. The average molecular weight is 328 g/mol. The normalized spacial score (nSPS) is 10.7. The Balaban J connectivity index is 1.92. The summed E-state index contributed by atoms with van der Waals surface area (Å²) in [6.07, 6.45) is 1.79. The summed E-state index contributed by atoms with van der Waals surface area (Å²) < 4.78 is 5.96. The fourth-order valence-electron chi connectivity index (χ4n) is 2.15. The van der Waals surface area contributed by atoms with E-state index in [-0.39, 0.29) is 0 Å². The second kappa shape index (κ2) is 5.63. The molecule has 0 amide bonds. The topological polar surface area (TPSA) is 22.1 Å². The van der Waals surface area contributed by atoms with Crippen LogP contribution >= 0.6 is 15.9 Å². The van der Waals surface area contributed by atoms with Crippen molar-refractivity contribution in [1.29, 1.82) is 0 Å². The van der Waals surface area contributed by atoms with Crippen LogP contribution in [0, 0.1) is 6.92 Å². The number of fused-ring (bicyclic) bond motifs is 1. The van der Waals surface area contributed by atoms with Crippen LogP contribution in [0.3, 0.4) is 0 Å². The van der Waals surface area contributed by atoms with Gasteiger partial charge in [0.25, 0.3) is 0 Å². The van der Waals surface area contributed by atoms with Crippen LogP contribution in [0.1, 0.15) is 11.1 Å². The molecule has 3 aromatic rings. The van der Waals surface area contributed by atoms with E-state index in [9.17, 15) is 0 Å². The molecule has 2 aromatic carbocycles. The molecule has 100 valence electrons. The fourth-order valence-corrected chi connectivity index (χ4v) is 2.49. The van der Waals surface area contributed by atoms with E-state index in [0.717, 1.165) is 33.3 Å². The van der Waals surface area contributed by atoms with Gasteiger partial charge in [-0.05, 0) is 42.3 Å². The zero-order chi connectivity index (χ0) is 13.9. The van der Waals surface area contributed by atoms with Gasteiger partial charge < -0.3 is 4.74 Å². The highest BCUT2D eigenvalue weighted by Gasteiger charge is 2.04. The average Bonchev–Trinajstić information content (AvgIpc) is 2.49. The molecule has 1 aromatic heterocycles. The van der Waals surface area contributed by atoms with E-state index >= 15 is 0 Å². The summed E-state index contributed by atoms with van der Waals surface area (Å²) >= 11 is 3.46. The molecular formula is C17H14BrNO. The molecule has 0 bridgehead atoms. The predicted octanol–water partition coefficient (Wildman–Crippen LogP) is 5.23. The lowest BCUT2D eigenvalue weighted by atomic mass is 10.1. The molecule has 2 nitrogen and oxygen atoms in total. The third-order valence-corrected chi connectivity index (χ3v) is 3.85. The van der Waals surface area contributed by atoms with Crippen molar-refractivity contribution in [2.75, 3.05) is 0 Å². The quantitative estimate of drug-likeness (QED) is 0.614. The van der Waals surface area contributed by atoms with Crippen LogP contribution < -0.4 is 4.74 Å². The molecule has 0 spiro atoms. The first kappa shape index (κ1) is 13.1. The Morgan fingerprint density at radius 3 is 2.80 bits per heavy atom. The first-order valence-electron chi connectivity index (χ1n) is 6.44. The number of aromatic nitrogens is 1. The van der Waals surface area contributed by atoms with Crippen LogP contribution in [0.5, 0.6) is 11.5 Å². The second-order valence-electron chi connectivity index (χ2n) is 4.69. The zero-order valence-corrected chi connectivity index (χ0v) is 12.7. The van der Waals surface area contributed by atoms with Crippen molar-refractivity contribution >= 4 is 26.8 Å². The number of aryl methyl sites for hydroxylation is 1. The Bertz CT molecular complexity index is 755. The molecule has 0 atom stereocenters. The zero-order valence-electron chi connectivity index (χ0n) is 11.1. The number of alkyl halides is 1. The first-order chi connectivity index (χ1) is 9.76. The SMILES string of the molecule is Cc1cc(CBr)ccc1Oc1ccc2cccnc2c1. The van der Waals surface area contributed by atoms with Gasteiger partial charge in [0.2, 0.25) is 0 Å². The van der Waals surface area contributed by atoms with Crippen molar-refractivity contribution < 1.29 is 4.74 Å². The molecule has 0 unspecified atom stereocenters. The highest BCUT2D eigenvalue weighted by atomic mass is 79.9. The number of hydrogen-bond donors (Lipinski definition) is 0. The van der Waals surface area contributed by atoms with Crippen molar-refractivity contribution in [3.63, 3.8) is 0 Å². The van der Waals surface area contributed by atoms with Gasteiger partial charge in [-0.1, -0.05) is 34.1 Å². The van der Waals surface area contributed by atoms with E-state index in [1.165, 1.54) is 5.56 Å². The number of nitrogens with zero attached hydrogens (tertiary/aromatic N) is 1. The number of rotatable bonds is 3. The van der Waals surface area contributed by atoms with E-state index in [0.29, 0.717) is 0 Å². The number of pyridine rings is 1. The van der Waals surface area contributed by atoms with Gasteiger partial charge in [-0.25, -0.2) is 0 Å². The van der Waals surface area contributed by atoms with E-state index in [1.54, 1.807) is 6.20 Å². The summed E-state index contributed by atoms with van der Waals surface area (Å²) in [6.45, 7) is 2.06. The monoisotopic (exact) mass is 327 g/mol. The molecule has 0 radical (unpaired) electrons. The van der Waals surface area contributed by atoms with Crippen molar-refractivity contribution in [1.82, 2.24) is 4.98 Å². The van der Waals surface area contributed by atoms with Crippen molar-refractivity contribution in [3.8, 4) is 11.5 Å². The summed E-state index contributed by atoms with van der Waals surface area (Å²) in [5, 5.41) is 1.97. The lowest BCUT2D eigenvalue weighted by molar-refractivity contribution is 0.479. The van der Waals surface area contributed by atoms with Crippen LogP contribution in [0.4, 0.5) is 0 Å². The van der Waals surface area contributed by atoms with Gasteiger partial charge in [0.05, 0.1) is 5.52 Å². The lowest BCUT2D eigenvalue weighted by Gasteiger charge is -2.10. The third kappa shape index (κ3) is 2.68. The Morgan fingerprint density at radius 2 is 2.00 bits per heavy atom. The summed E-state index contributed by atoms with van der Waals surface area (Å²) in [7, 11) is 0. The van der Waals surface area contributed by atoms with Crippen LogP contribution in [0.2, 0.25) is 0 Å². The minimum atomic E-state index is 0.811. The van der Waals surface area contributed by atoms with Crippen molar-refractivity contribution in [2.45, 2.75) is 12.3 Å². The molecule has 0 aliphatic carbocycles. The molecular weight excluding hydrogens is 314 g/mol. The number of ether oxygens (including phenoxy) is 1. The van der Waals surface area contributed by atoms with E-state index in [4.69, 9.17) is 4.74 Å².